The van der Waals surface area contributed by atoms with Crippen molar-refractivity contribution in [2.24, 2.45) is 0 Å². The van der Waals surface area contributed by atoms with Gasteiger partial charge in [0.25, 0.3) is 0 Å². The van der Waals surface area contributed by atoms with Crippen LogP contribution in [0.15, 0.2) is 47.1 Å². The minimum absolute atomic E-state index is 0.871. The van der Waals surface area contributed by atoms with Crippen molar-refractivity contribution in [2.45, 2.75) is 71.4 Å². The predicted octanol–water partition coefficient (Wildman–Crippen LogP) is 6.43. The van der Waals surface area contributed by atoms with Gasteiger partial charge in [0, 0.05) is 6.54 Å². The van der Waals surface area contributed by atoms with E-state index < -0.39 is 0 Å². The third kappa shape index (κ3) is 8.09. The maximum Gasteiger partial charge on any atom is 0.118 e. The highest BCUT2D eigenvalue weighted by molar-refractivity contribution is 5.27. The second-order valence-corrected chi connectivity index (χ2v) is 7.11. The van der Waals surface area contributed by atoms with Crippen LogP contribution in [0.1, 0.15) is 69.6 Å². The summed E-state index contributed by atoms with van der Waals surface area (Å²) in [7, 11) is 1.71. The predicted molar refractivity (Wildman–Crippen MR) is 108 cm³/mol. The summed E-state index contributed by atoms with van der Waals surface area (Å²) in [5, 5.41) is 0. The van der Waals surface area contributed by atoms with Gasteiger partial charge in [-0.2, -0.15) is 0 Å². The van der Waals surface area contributed by atoms with Crippen molar-refractivity contribution in [3.63, 3.8) is 0 Å². The highest BCUT2D eigenvalue weighted by Gasteiger charge is 2.09. The van der Waals surface area contributed by atoms with Crippen LogP contribution in [0.3, 0.4) is 0 Å². The molecule has 0 saturated carbocycles. The SMILES string of the molecule is CCCCCCCCCCN(Cc1ccc(OC)cc1)Cc1ccco1. The number of furan rings is 1. The van der Waals surface area contributed by atoms with E-state index in [0.717, 1.165) is 31.1 Å². The van der Waals surface area contributed by atoms with E-state index in [1.807, 2.05) is 18.2 Å². The summed E-state index contributed by atoms with van der Waals surface area (Å²) in [6.07, 6.45) is 12.6. The molecule has 0 unspecified atom stereocenters. The van der Waals surface area contributed by atoms with Gasteiger partial charge in [-0.1, -0.05) is 64.0 Å². The Labute approximate surface area is 159 Å². The van der Waals surface area contributed by atoms with Crippen molar-refractivity contribution in [3.8, 4) is 5.75 Å². The number of rotatable bonds is 14. The lowest BCUT2D eigenvalue weighted by Crippen LogP contribution is -2.23. The van der Waals surface area contributed by atoms with Gasteiger partial charge >= 0.3 is 0 Å². The molecule has 0 atom stereocenters. The lowest BCUT2D eigenvalue weighted by molar-refractivity contribution is 0.230. The average molecular weight is 358 g/mol. The number of benzene rings is 1. The molecule has 0 saturated heterocycles. The van der Waals surface area contributed by atoms with E-state index in [-0.39, 0.29) is 0 Å². The molecule has 0 aliphatic rings. The average Bonchev–Trinajstić information content (AvgIpc) is 3.17. The summed E-state index contributed by atoms with van der Waals surface area (Å²) in [5.74, 6) is 1.95. The number of ether oxygens (including phenoxy) is 1. The second kappa shape index (κ2) is 12.6. The van der Waals surface area contributed by atoms with E-state index in [1.165, 1.54) is 56.9 Å². The molecule has 0 aliphatic heterocycles. The third-order valence-corrected chi connectivity index (χ3v) is 4.85. The first kappa shape index (κ1) is 20.6. The molecule has 0 aliphatic carbocycles. The molecule has 0 amide bonds. The van der Waals surface area contributed by atoms with Crippen LogP contribution in [0.25, 0.3) is 0 Å². The highest BCUT2D eigenvalue weighted by atomic mass is 16.5. The fraction of sp³-hybridized carbons (Fsp3) is 0.565. The van der Waals surface area contributed by atoms with Gasteiger partial charge in [0.1, 0.15) is 11.5 Å². The van der Waals surface area contributed by atoms with Crippen LogP contribution in [0, 0.1) is 0 Å². The fourth-order valence-electron chi connectivity index (χ4n) is 3.30. The molecule has 0 N–H and O–H groups in total. The molecule has 1 aromatic carbocycles. The Morgan fingerprint density at radius 3 is 2.15 bits per heavy atom. The Hall–Kier alpha value is -1.74. The summed E-state index contributed by atoms with van der Waals surface area (Å²) >= 11 is 0. The van der Waals surface area contributed by atoms with E-state index in [1.54, 1.807) is 13.4 Å². The number of unbranched alkanes of at least 4 members (excludes halogenated alkanes) is 7. The molecule has 0 spiro atoms. The minimum atomic E-state index is 0.871. The Bertz CT molecular complexity index is 562. The summed E-state index contributed by atoms with van der Waals surface area (Å²) in [5.41, 5.74) is 1.32. The van der Waals surface area contributed by atoms with Crippen LogP contribution in [-0.2, 0) is 13.1 Å². The Balaban J connectivity index is 1.75. The van der Waals surface area contributed by atoms with E-state index in [9.17, 15) is 0 Å². The van der Waals surface area contributed by atoms with E-state index in [4.69, 9.17) is 9.15 Å². The molecule has 0 radical (unpaired) electrons. The van der Waals surface area contributed by atoms with Gasteiger partial charge < -0.3 is 9.15 Å². The number of methoxy groups -OCH3 is 1. The van der Waals surface area contributed by atoms with Gasteiger partial charge in [-0.15, -0.1) is 0 Å². The second-order valence-electron chi connectivity index (χ2n) is 7.11. The van der Waals surface area contributed by atoms with Crippen LogP contribution in [0.2, 0.25) is 0 Å². The van der Waals surface area contributed by atoms with Gasteiger partial charge in [-0.25, -0.2) is 0 Å². The van der Waals surface area contributed by atoms with Crippen molar-refractivity contribution < 1.29 is 9.15 Å². The van der Waals surface area contributed by atoms with Crippen LogP contribution in [0.5, 0.6) is 5.75 Å². The maximum absolute atomic E-state index is 5.56. The Morgan fingerprint density at radius 1 is 0.846 bits per heavy atom. The molecule has 1 aromatic heterocycles. The largest absolute Gasteiger partial charge is 0.497 e. The third-order valence-electron chi connectivity index (χ3n) is 4.85. The molecule has 3 nitrogen and oxygen atoms in total. The van der Waals surface area contributed by atoms with Crippen molar-refractivity contribution in [3.05, 3.63) is 54.0 Å². The van der Waals surface area contributed by atoms with Crippen molar-refractivity contribution in [2.75, 3.05) is 13.7 Å². The van der Waals surface area contributed by atoms with Gasteiger partial charge in [0.2, 0.25) is 0 Å². The molecule has 0 fully saturated rings. The molecular weight excluding hydrogens is 322 g/mol. The number of hydrogen-bond donors (Lipinski definition) is 0. The Morgan fingerprint density at radius 2 is 1.54 bits per heavy atom. The zero-order valence-electron chi connectivity index (χ0n) is 16.6. The van der Waals surface area contributed by atoms with E-state index >= 15 is 0 Å². The molecule has 2 aromatic rings. The lowest BCUT2D eigenvalue weighted by Gasteiger charge is -2.21. The molecule has 3 heteroatoms. The van der Waals surface area contributed by atoms with Gasteiger partial charge in [-0.3, -0.25) is 4.90 Å². The molecule has 0 bridgehead atoms. The topological polar surface area (TPSA) is 25.6 Å². The molecular formula is C23H35NO2. The van der Waals surface area contributed by atoms with Crippen LogP contribution < -0.4 is 4.74 Å². The number of hydrogen-bond acceptors (Lipinski definition) is 3. The van der Waals surface area contributed by atoms with Gasteiger partial charge in [-0.05, 0) is 42.8 Å². The first-order valence-corrected chi connectivity index (χ1v) is 10.2. The van der Waals surface area contributed by atoms with Gasteiger partial charge in [0.15, 0.2) is 0 Å². The zero-order valence-corrected chi connectivity index (χ0v) is 16.6. The fourth-order valence-corrected chi connectivity index (χ4v) is 3.30. The van der Waals surface area contributed by atoms with Gasteiger partial charge in [0.05, 0.1) is 19.9 Å². The smallest absolute Gasteiger partial charge is 0.118 e. The number of nitrogens with zero attached hydrogens (tertiary/aromatic N) is 1. The van der Waals surface area contributed by atoms with Crippen molar-refractivity contribution >= 4 is 0 Å². The van der Waals surface area contributed by atoms with Crippen molar-refractivity contribution in [1.29, 1.82) is 0 Å². The lowest BCUT2D eigenvalue weighted by atomic mass is 10.1. The summed E-state index contributed by atoms with van der Waals surface area (Å²) < 4.78 is 10.8. The zero-order chi connectivity index (χ0) is 18.5. The standard InChI is InChI=1S/C23H35NO2/c1-3-4-5-6-7-8-9-10-17-24(20-23-12-11-18-26-23)19-21-13-15-22(25-2)16-14-21/h11-16,18H,3-10,17,19-20H2,1-2H3. The normalized spacial score (nSPS) is 11.2. The molecule has 2 rings (SSSR count). The summed E-state index contributed by atoms with van der Waals surface area (Å²) in [6.45, 7) is 5.20. The molecule has 26 heavy (non-hydrogen) atoms. The van der Waals surface area contributed by atoms with E-state index in [2.05, 4.69) is 30.0 Å². The van der Waals surface area contributed by atoms with E-state index in [0.29, 0.717) is 0 Å². The minimum Gasteiger partial charge on any atom is -0.497 e. The highest BCUT2D eigenvalue weighted by Crippen LogP contribution is 2.16. The summed E-state index contributed by atoms with van der Waals surface area (Å²) in [6, 6.07) is 12.4. The Kier molecular flexibility index (Phi) is 9.96. The first-order chi connectivity index (χ1) is 12.8. The molecule has 144 valence electrons. The van der Waals surface area contributed by atoms with Crippen LogP contribution in [-0.4, -0.2) is 18.6 Å². The quantitative estimate of drug-likeness (QED) is 0.364. The first-order valence-electron chi connectivity index (χ1n) is 10.2. The summed E-state index contributed by atoms with van der Waals surface area (Å²) in [4.78, 5) is 2.48. The van der Waals surface area contributed by atoms with Crippen LogP contribution in [0.4, 0.5) is 0 Å². The molecule has 1 heterocycles. The van der Waals surface area contributed by atoms with Crippen LogP contribution >= 0.6 is 0 Å². The maximum atomic E-state index is 5.56. The van der Waals surface area contributed by atoms with Crippen molar-refractivity contribution in [1.82, 2.24) is 4.90 Å². The monoisotopic (exact) mass is 357 g/mol.